The highest BCUT2D eigenvalue weighted by atomic mass is 32.2. The Kier molecular flexibility index (Phi) is 5.69. The Bertz CT molecular complexity index is 634. The molecular weight excluding hydrogens is 296 g/mol. The van der Waals surface area contributed by atoms with Crippen molar-refractivity contribution in [3.63, 3.8) is 0 Å². The van der Waals surface area contributed by atoms with Crippen LogP contribution in [0.15, 0.2) is 24.3 Å². The van der Waals surface area contributed by atoms with E-state index in [0.717, 1.165) is 4.31 Å². The van der Waals surface area contributed by atoms with Crippen LogP contribution in [0.2, 0.25) is 0 Å². The Balaban J connectivity index is 3.24. The summed E-state index contributed by atoms with van der Waals surface area (Å²) in [6.45, 7) is 0.963. The Hall–Kier alpha value is -2.11. The molecule has 2 N–H and O–H groups in total. The van der Waals surface area contributed by atoms with Crippen LogP contribution in [-0.2, 0) is 10.0 Å². The molecule has 8 heteroatoms. The minimum Gasteiger partial charge on any atom is -0.478 e. The summed E-state index contributed by atoms with van der Waals surface area (Å²) in [5, 5.41) is 25.6. The highest BCUT2D eigenvalue weighted by Gasteiger charge is 2.31. The standard InChI is InChI=1S/C13H16N2O5S/c1-2-12(9-14)21(19,20)15(7-8-16)11-5-3-10(4-6-11)13(17)18/h3-6,12,16H,2,7-8H2,1H3,(H,17,18). The highest BCUT2D eigenvalue weighted by Crippen LogP contribution is 2.22. The summed E-state index contributed by atoms with van der Waals surface area (Å²) in [4.78, 5) is 10.8. The average Bonchev–Trinajstić information content (AvgIpc) is 2.45. The topological polar surface area (TPSA) is 119 Å². The van der Waals surface area contributed by atoms with Gasteiger partial charge in [-0.3, -0.25) is 4.31 Å². The molecule has 1 aromatic rings. The van der Waals surface area contributed by atoms with E-state index in [2.05, 4.69) is 0 Å². The first-order valence-corrected chi connectivity index (χ1v) is 7.74. The first kappa shape index (κ1) is 16.9. The molecule has 21 heavy (non-hydrogen) atoms. The molecule has 1 rings (SSSR count). The van der Waals surface area contributed by atoms with Crippen LogP contribution < -0.4 is 4.31 Å². The molecule has 0 aliphatic carbocycles. The van der Waals surface area contributed by atoms with Crippen molar-refractivity contribution in [2.24, 2.45) is 0 Å². The smallest absolute Gasteiger partial charge is 0.335 e. The van der Waals surface area contributed by atoms with Gasteiger partial charge in [-0.05, 0) is 30.7 Å². The predicted molar refractivity (Wildman–Crippen MR) is 76.4 cm³/mol. The molecular formula is C13H16N2O5S. The Morgan fingerprint density at radius 3 is 2.33 bits per heavy atom. The van der Waals surface area contributed by atoms with Gasteiger partial charge in [-0.15, -0.1) is 0 Å². The molecule has 0 heterocycles. The molecule has 0 aromatic heterocycles. The molecule has 0 fully saturated rings. The van der Waals surface area contributed by atoms with Gasteiger partial charge in [-0.2, -0.15) is 5.26 Å². The van der Waals surface area contributed by atoms with Crippen molar-refractivity contribution in [1.82, 2.24) is 0 Å². The SMILES string of the molecule is CCC(C#N)S(=O)(=O)N(CCO)c1ccc(C(=O)O)cc1. The predicted octanol–water partition coefficient (Wildman–Crippen LogP) is 0.815. The third kappa shape index (κ3) is 3.71. The largest absolute Gasteiger partial charge is 0.478 e. The van der Waals surface area contributed by atoms with Crippen molar-refractivity contribution in [2.45, 2.75) is 18.6 Å². The number of carboxylic acids is 1. The van der Waals surface area contributed by atoms with E-state index in [0.29, 0.717) is 0 Å². The number of aliphatic hydroxyl groups excluding tert-OH is 1. The number of aliphatic hydroxyl groups is 1. The molecule has 0 saturated carbocycles. The van der Waals surface area contributed by atoms with Crippen LogP contribution in [-0.4, -0.2) is 43.0 Å². The zero-order chi connectivity index (χ0) is 16.0. The summed E-state index contributed by atoms with van der Waals surface area (Å²) in [5.41, 5.74) is 0.232. The lowest BCUT2D eigenvalue weighted by Gasteiger charge is -2.25. The molecule has 114 valence electrons. The number of rotatable bonds is 7. The number of nitrogens with zero attached hydrogens (tertiary/aromatic N) is 2. The molecule has 0 aliphatic rings. The van der Waals surface area contributed by atoms with E-state index in [1.807, 2.05) is 0 Å². The van der Waals surface area contributed by atoms with Crippen LogP contribution >= 0.6 is 0 Å². The highest BCUT2D eigenvalue weighted by molar-refractivity contribution is 7.93. The van der Waals surface area contributed by atoms with E-state index in [1.165, 1.54) is 24.3 Å². The Labute approximate surface area is 123 Å². The second-order valence-corrected chi connectivity index (χ2v) is 6.26. The molecule has 0 bridgehead atoms. The first-order valence-electron chi connectivity index (χ1n) is 6.23. The number of carbonyl (C=O) groups is 1. The lowest BCUT2D eigenvalue weighted by atomic mass is 10.2. The number of nitriles is 1. The molecule has 0 radical (unpaired) electrons. The van der Waals surface area contributed by atoms with Crippen molar-refractivity contribution in [1.29, 1.82) is 5.26 Å². The molecule has 0 amide bonds. The van der Waals surface area contributed by atoms with Gasteiger partial charge < -0.3 is 10.2 Å². The van der Waals surface area contributed by atoms with Crippen molar-refractivity contribution in [3.05, 3.63) is 29.8 Å². The zero-order valence-electron chi connectivity index (χ0n) is 11.4. The monoisotopic (exact) mass is 312 g/mol. The van der Waals surface area contributed by atoms with Crippen LogP contribution in [0.25, 0.3) is 0 Å². The van der Waals surface area contributed by atoms with Crippen molar-refractivity contribution < 1.29 is 23.4 Å². The lowest BCUT2D eigenvalue weighted by molar-refractivity contribution is 0.0697. The molecule has 0 saturated heterocycles. The summed E-state index contributed by atoms with van der Waals surface area (Å²) in [7, 11) is -3.95. The van der Waals surface area contributed by atoms with Crippen LogP contribution in [0.5, 0.6) is 0 Å². The second-order valence-electron chi connectivity index (χ2n) is 4.22. The van der Waals surface area contributed by atoms with Gasteiger partial charge in [-0.1, -0.05) is 6.92 Å². The summed E-state index contributed by atoms with van der Waals surface area (Å²) in [5.74, 6) is -1.12. The Morgan fingerprint density at radius 2 is 1.95 bits per heavy atom. The van der Waals surface area contributed by atoms with Gasteiger partial charge in [0.15, 0.2) is 5.25 Å². The van der Waals surface area contributed by atoms with Gasteiger partial charge in [0.2, 0.25) is 0 Å². The van der Waals surface area contributed by atoms with E-state index in [4.69, 9.17) is 15.5 Å². The zero-order valence-corrected chi connectivity index (χ0v) is 12.2. The lowest BCUT2D eigenvalue weighted by Crippen LogP contribution is -2.39. The van der Waals surface area contributed by atoms with E-state index in [-0.39, 0.29) is 24.2 Å². The van der Waals surface area contributed by atoms with Gasteiger partial charge in [0, 0.05) is 0 Å². The number of sulfonamides is 1. The van der Waals surface area contributed by atoms with Crippen LogP contribution in [0.1, 0.15) is 23.7 Å². The van der Waals surface area contributed by atoms with Gasteiger partial charge in [0.25, 0.3) is 10.0 Å². The third-order valence-corrected chi connectivity index (χ3v) is 5.05. The van der Waals surface area contributed by atoms with Crippen molar-refractivity contribution >= 4 is 21.7 Å². The molecule has 0 aliphatic heterocycles. The fourth-order valence-corrected chi connectivity index (χ4v) is 3.40. The van der Waals surface area contributed by atoms with E-state index < -0.39 is 27.8 Å². The van der Waals surface area contributed by atoms with E-state index in [9.17, 15) is 13.2 Å². The number of anilines is 1. The minimum atomic E-state index is -3.95. The van der Waals surface area contributed by atoms with Crippen molar-refractivity contribution in [2.75, 3.05) is 17.5 Å². The van der Waals surface area contributed by atoms with E-state index >= 15 is 0 Å². The molecule has 7 nitrogen and oxygen atoms in total. The quantitative estimate of drug-likeness (QED) is 0.769. The van der Waals surface area contributed by atoms with Crippen LogP contribution in [0.3, 0.4) is 0 Å². The Morgan fingerprint density at radius 1 is 1.38 bits per heavy atom. The number of hydrogen-bond acceptors (Lipinski definition) is 5. The number of carboxylic acid groups (broad SMARTS) is 1. The molecule has 1 atom stereocenters. The van der Waals surface area contributed by atoms with Gasteiger partial charge in [-0.25, -0.2) is 13.2 Å². The van der Waals surface area contributed by atoms with Gasteiger partial charge in [0.05, 0.1) is 30.5 Å². The van der Waals surface area contributed by atoms with Gasteiger partial charge >= 0.3 is 5.97 Å². The number of hydrogen-bond donors (Lipinski definition) is 2. The maximum atomic E-state index is 12.4. The molecule has 1 unspecified atom stereocenters. The summed E-state index contributed by atoms with van der Waals surface area (Å²) >= 11 is 0. The third-order valence-electron chi connectivity index (χ3n) is 2.89. The summed E-state index contributed by atoms with van der Waals surface area (Å²) in [6, 6.07) is 6.93. The fraction of sp³-hybridized carbons (Fsp3) is 0.385. The maximum Gasteiger partial charge on any atom is 0.335 e. The fourth-order valence-electron chi connectivity index (χ4n) is 1.79. The number of benzene rings is 1. The minimum absolute atomic E-state index is 0.0208. The van der Waals surface area contributed by atoms with Crippen LogP contribution in [0, 0.1) is 11.3 Å². The van der Waals surface area contributed by atoms with Gasteiger partial charge in [0.1, 0.15) is 0 Å². The normalized spacial score (nSPS) is 12.4. The average molecular weight is 312 g/mol. The van der Waals surface area contributed by atoms with Crippen molar-refractivity contribution in [3.8, 4) is 6.07 Å². The molecule has 1 aromatic carbocycles. The maximum absolute atomic E-state index is 12.4. The molecule has 0 spiro atoms. The summed E-state index contributed by atoms with van der Waals surface area (Å²) < 4.78 is 25.7. The first-order chi connectivity index (χ1) is 9.88. The number of aromatic carboxylic acids is 1. The summed E-state index contributed by atoms with van der Waals surface area (Å²) in [6.07, 6.45) is 0.119. The second kappa shape index (κ2) is 7.06. The van der Waals surface area contributed by atoms with Crippen LogP contribution in [0.4, 0.5) is 5.69 Å². The van der Waals surface area contributed by atoms with E-state index in [1.54, 1.807) is 13.0 Å².